The van der Waals surface area contributed by atoms with Crippen molar-refractivity contribution in [2.45, 2.75) is 32.2 Å². The van der Waals surface area contributed by atoms with Gasteiger partial charge in [-0.05, 0) is 30.5 Å². The predicted octanol–water partition coefficient (Wildman–Crippen LogP) is 3.30. The van der Waals surface area contributed by atoms with E-state index in [4.69, 9.17) is 0 Å². The first-order chi connectivity index (χ1) is 13.8. The van der Waals surface area contributed by atoms with Crippen molar-refractivity contribution in [1.29, 1.82) is 0 Å². The molecule has 0 aromatic heterocycles. The number of hydrogen-bond acceptors (Lipinski definition) is 5. The zero-order valence-corrected chi connectivity index (χ0v) is 17.6. The lowest BCUT2D eigenvalue weighted by atomic mass is 10.1. The van der Waals surface area contributed by atoms with E-state index in [1.807, 2.05) is 31.2 Å². The quantitative estimate of drug-likeness (QED) is 0.501. The molecule has 0 aliphatic rings. The van der Waals surface area contributed by atoms with Crippen LogP contribution in [-0.4, -0.2) is 40.5 Å². The maximum atomic E-state index is 12.9. The van der Waals surface area contributed by atoms with Crippen molar-refractivity contribution in [1.82, 2.24) is 10.2 Å². The van der Waals surface area contributed by atoms with Crippen LogP contribution in [0, 0.1) is 17.0 Å². The van der Waals surface area contributed by atoms with Crippen LogP contribution in [0.2, 0.25) is 0 Å². The van der Waals surface area contributed by atoms with Crippen molar-refractivity contribution in [2.75, 3.05) is 12.8 Å². The van der Waals surface area contributed by atoms with E-state index in [2.05, 4.69) is 5.32 Å². The largest absolute Gasteiger partial charge is 0.357 e. The summed E-state index contributed by atoms with van der Waals surface area (Å²) in [6, 6.07) is 13.5. The molecule has 0 aliphatic heterocycles. The van der Waals surface area contributed by atoms with E-state index in [0.717, 1.165) is 16.7 Å². The van der Waals surface area contributed by atoms with Gasteiger partial charge in [0, 0.05) is 31.5 Å². The van der Waals surface area contributed by atoms with Crippen LogP contribution in [0.15, 0.2) is 48.5 Å². The normalized spacial score (nSPS) is 11.6. The van der Waals surface area contributed by atoms with Gasteiger partial charge in [0.15, 0.2) is 0 Å². The molecule has 0 heterocycles. The van der Waals surface area contributed by atoms with E-state index in [1.165, 1.54) is 23.9 Å². The molecule has 0 spiro atoms. The highest BCUT2D eigenvalue weighted by atomic mass is 32.2. The maximum absolute atomic E-state index is 12.9. The average molecular weight is 416 g/mol. The molecule has 1 atom stereocenters. The van der Waals surface area contributed by atoms with Gasteiger partial charge in [0.2, 0.25) is 11.8 Å². The topological polar surface area (TPSA) is 92.6 Å². The van der Waals surface area contributed by atoms with Crippen LogP contribution in [-0.2, 0) is 21.9 Å². The van der Waals surface area contributed by atoms with Crippen LogP contribution >= 0.6 is 11.8 Å². The molecule has 1 N–H and O–H groups in total. The summed E-state index contributed by atoms with van der Waals surface area (Å²) >= 11 is 1.42. The van der Waals surface area contributed by atoms with E-state index in [1.54, 1.807) is 31.0 Å². The number of aryl methyl sites for hydroxylation is 1. The number of benzene rings is 2. The first-order valence-corrected chi connectivity index (χ1v) is 10.4. The number of nitro groups is 1. The molecule has 2 amide bonds. The third-order valence-electron chi connectivity index (χ3n) is 4.66. The summed E-state index contributed by atoms with van der Waals surface area (Å²) in [7, 11) is 1.55. The van der Waals surface area contributed by atoms with Gasteiger partial charge in [0.05, 0.1) is 10.7 Å². The van der Waals surface area contributed by atoms with Crippen LogP contribution in [0.25, 0.3) is 0 Å². The lowest BCUT2D eigenvalue weighted by Crippen LogP contribution is -2.47. The minimum Gasteiger partial charge on any atom is -0.357 e. The van der Waals surface area contributed by atoms with Gasteiger partial charge in [-0.15, -0.1) is 11.8 Å². The Labute approximate surface area is 174 Å². The van der Waals surface area contributed by atoms with E-state index in [0.29, 0.717) is 12.3 Å². The van der Waals surface area contributed by atoms with Crippen LogP contribution < -0.4 is 5.32 Å². The molecular weight excluding hydrogens is 390 g/mol. The highest BCUT2D eigenvalue weighted by molar-refractivity contribution is 7.99. The van der Waals surface area contributed by atoms with Crippen LogP contribution in [0.3, 0.4) is 0 Å². The second-order valence-corrected chi connectivity index (χ2v) is 7.64. The van der Waals surface area contributed by atoms with Gasteiger partial charge in [-0.3, -0.25) is 19.7 Å². The summed E-state index contributed by atoms with van der Waals surface area (Å²) in [6.45, 7) is 4.06. The summed E-state index contributed by atoms with van der Waals surface area (Å²) < 4.78 is 0. The number of non-ortho nitro benzene ring substituents is 1. The molecule has 0 radical (unpaired) electrons. The number of hydrogen-bond donors (Lipinski definition) is 1. The third-order valence-corrected chi connectivity index (χ3v) is 5.65. The number of nitrogens with one attached hydrogen (secondary N) is 1. The lowest BCUT2D eigenvalue weighted by molar-refractivity contribution is -0.384. The second-order valence-electron chi connectivity index (χ2n) is 6.65. The fourth-order valence-electron chi connectivity index (χ4n) is 2.82. The van der Waals surface area contributed by atoms with Gasteiger partial charge in [0.25, 0.3) is 5.69 Å². The highest BCUT2D eigenvalue weighted by Gasteiger charge is 2.25. The standard InChI is InChI=1S/C21H25N3O4S/c1-15-6-4-5-7-18(15)12-23(16(2)21(26)22-3)20(25)14-29-13-17-8-10-19(11-9-17)24(27)28/h4-11,16H,12-14H2,1-3H3,(H,22,26)/t16-/m1/s1. The average Bonchev–Trinajstić information content (AvgIpc) is 2.72. The number of likely N-dealkylation sites (N-methyl/N-ethyl adjacent to an activating group) is 1. The van der Waals surface area contributed by atoms with Gasteiger partial charge >= 0.3 is 0 Å². The molecular formula is C21H25N3O4S. The lowest BCUT2D eigenvalue weighted by Gasteiger charge is -2.29. The van der Waals surface area contributed by atoms with Crippen molar-refractivity contribution in [2.24, 2.45) is 0 Å². The Balaban J connectivity index is 2.03. The Bertz CT molecular complexity index is 870. The minimum atomic E-state index is -0.591. The highest BCUT2D eigenvalue weighted by Crippen LogP contribution is 2.19. The Kier molecular flexibility index (Phi) is 8.21. The summed E-state index contributed by atoms with van der Waals surface area (Å²) in [6.07, 6.45) is 0. The zero-order valence-electron chi connectivity index (χ0n) is 16.8. The van der Waals surface area contributed by atoms with E-state index >= 15 is 0 Å². The Hall–Kier alpha value is -2.87. The molecule has 0 aliphatic carbocycles. The number of nitro benzene ring substituents is 1. The molecule has 154 valence electrons. The van der Waals surface area contributed by atoms with E-state index < -0.39 is 11.0 Å². The Morgan fingerprint density at radius 3 is 2.41 bits per heavy atom. The van der Waals surface area contributed by atoms with Crippen molar-refractivity contribution < 1.29 is 14.5 Å². The first-order valence-electron chi connectivity index (χ1n) is 9.20. The van der Waals surface area contributed by atoms with Gasteiger partial charge in [-0.1, -0.05) is 36.4 Å². The monoisotopic (exact) mass is 415 g/mol. The summed E-state index contributed by atoms with van der Waals surface area (Å²) in [5.41, 5.74) is 3.00. The van der Waals surface area contributed by atoms with Crippen molar-refractivity contribution in [3.8, 4) is 0 Å². The van der Waals surface area contributed by atoms with Crippen LogP contribution in [0.5, 0.6) is 0 Å². The SMILES string of the molecule is CNC(=O)[C@@H](C)N(Cc1ccccc1C)C(=O)CSCc1ccc([N+](=O)[O-])cc1. The van der Waals surface area contributed by atoms with Gasteiger partial charge in [-0.25, -0.2) is 0 Å². The fraction of sp³-hybridized carbons (Fsp3) is 0.333. The van der Waals surface area contributed by atoms with Crippen LogP contribution in [0.1, 0.15) is 23.6 Å². The smallest absolute Gasteiger partial charge is 0.269 e. The molecule has 2 aromatic rings. The van der Waals surface area contributed by atoms with E-state index in [9.17, 15) is 19.7 Å². The van der Waals surface area contributed by atoms with Crippen LogP contribution in [0.4, 0.5) is 5.69 Å². The zero-order chi connectivity index (χ0) is 21.4. The predicted molar refractivity (Wildman–Crippen MR) is 115 cm³/mol. The van der Waals surface area contributed by atoms with Crippen molar-refractivity contribution in [3.63, 3.8) is 0 Å². The molecule has 0 unspecified atom stereocenters. The van der Waals surface area contributed by atoms with Gasteiger partial charge < -0.3 is 10.2 Å². The van der Waals surface area contributed by atoms with Crippen molar-refractivity contribution in [3.05, 3.63) is 75.3 Å². The molecule has 0 saturated carbocycles. The summed E-state index contributed by atoms with van der Waals surface area (Å²) in [5.74, 6) is 0.420. The fourth-order valence-corrected chi connectivity index (χ4v) is 3.69. The molecule has 0 fully saturated rings. The third kappa shape index (κ3) is 6.32. The number of thioether (sulfide) groups is 1. The summed E-state index contributed by atoms with van der Waals surface area (Å²) in [4.78, 5) is 36.9. The number of amides is 2. The number of rotatable bonds is 9. The van der Waals surface area contributed by atoms with Gasteiger partial charge in [-0.2, -0.15) is 0 Å². The molecule has 29 heavy (non-hydrogen) atoms. The minimum absolute atomic E-state index is 0.0404. The van der Waals surface area contributed by atoms with Crippen molar-refractivity contribution >= 4 is 29.3 Å². The number of carbonyl (C=O) groups is 2. The molecule has 0 saturated heterocycles. The Morgan fingerprint density at radius 1 is 1.17 bits per heavy atom. The summed E-state index contributed by atoms with van der Waals surface area (Å²) in [5, 5.41) is 13.3. The number of carbonyl (C=O) groups excluding carboxylic acids is 2. The Morgan fingerprint density at radius 2 is 1.83 bits per heavy atom. The second kappa shape index (κ2) is 10.6. The number of nitrogens with zero attached hydrogens (tertiary/aromatic N) is 2. The molecule has 8 heteroatoms. The first kappa shape index (κ1) is 22.4. The van der Waals surface area contributed by atoms with Gasteiger partial charge in [0.1, 0.15) is 6.04 Å². The maximum Gasteiger partial charge on any atom is 0.269 e. The molecule has 2 aromatic carbocycles. The molecule has 0 bridgehead atoms. The molecule has 7 nitrogen and oxygen atoms in total. The molecule has 2 rings (SSSR count). The van der Waals surface area contributed by atoms with E-state index in [-0.39, 0.29) is 23.3 Å².